The molecule has 3 heterocycles. The SMILES string of the molecule is CC.CNc1cc(C(C)(C)N2CCN(C)CC2)no1.OCc1c[c-]on1.[K+]. The van der Waals surface area contributed by atoms with Crippen molar-refractivity contribution in [3.63, 3.8) is 0 Å². The minimum Gasteiger partial charge on any atom is -0.480 e. The summed E-state index contributed by atoms with van der Waals surface area (Å²) in [5.41, 5.74) is 1.44. The Morgan fingerprint density at radius 3 is 2.26 bits per heavy atom. The summed E-state index contributed by atoms with van der Waals surface area (Å²) in [6.45, 7) is 12.7. The first-order valence-corrected chi connectivity index (χ1v) is 8.98. The maximum Gasteiger partial charge on any atom is 1.00 e. The number of aliphatic hydroxyl groups is 1. The Kier molecular flexibility index (Phi) is 13.7. The maximum atomic E-state index is 8.28. The Hall–Kier alpha value is -0.264. The van der Waals surface area contributed by atoms with E-state index in [1.807, 2.05) is 27.0 Å². The number of hydrogen-bond donors (Lipinski definition) is 2. The summed E-state index contributed by atoms with van der Waals surface area (Å²) in [6.07, 6.45) is 2.33. The summed E-state index contributed by atoms with van der Waals surface area (Å²) in [4.78, 5) is 4.82. The quantitative estimate of drug-likeness (QED) is 0.505. The van der Waals surface area contributed by atoms with E-state index >= 15 is 0 Å². The number of rotatable bonds is 4. The molecule has 0 radical (unpaired) electrons. The van der Waals surface area contributed by atoms with Gasteiger partial charge in [-0.3, -0.25) is 4.90 Å². The van der Waals surface area contributed by atoms with Crippen LogP contribution in [0.3, 0.4) is 0 Å². The van der Waals surface area contributed by atoms with Gasteiger partial charge in [-0.05, 0) is 32.9 Å². The number of likely N-dealkylation sites (N-methyl/N-ethyl adjacent to an activating group) is 1. The van der Waals surface area contributed by atoms with Gasteiger partial charge in [0.2, 0.25) is 5.88 Å². The molecule has 1 fully saturated rings. The van der Waals surface area contributed by atoms with Crippen LogP contribution in [0.4, 0.5) is 5.88 Å². The molecule has 0 atom stereocenters. The fraction of sp³-hybridized carbons (Fsp3) is 0.667. The summed E-state index contributed by atoms with van der Waals surface area (Å²) in [5.74, 6) is 0.724. The molecule has 1 aliphatic rings. The normalized spacial score (nSPS) is 14.9. The smallest absolute Gasteiger partial charge is 0.480 e. The van der Waals surface area contributed by atoms with Crippen molar-refractivity contribution in [3.8, 4) is 0 Å². The van der Waals surface area contributed by atoms with Crippen molar-refractivity contribution in [3.05, 3.63) is 29.8 Å². The Morgan fingerprint density at radius 1 is 1.22 bits per heavy atom. The molecular formula is C18H32KN5O3. The van der Waals surface area contributed by atoms with Gasteiger partial charge in [-0.2, -0.15) is 6.07 Å². The fourth-order valence-corrected chi connectivity index (χ4v) is 2.49. The molecule has 0 spiro atoms. The van der Waals surface area contributed by atoms with E-state index in [0.29, 0.717) is 5.69 Å². The number of nitrogens with zero attached hydrogens (tertiary/aromatic N) is 4. The number of anilines is 1. The third kappa shape index (κ3) is 8.32. The van der Waals surface area contributed by atoms with E-state index in [9.17, 15) is 0 Å². The monoisotopic (exact) mass is 405 g/mol. The molecule has 0 bridgehead atoms. The van der Waals surface area contributed by atoms with Gasteiger partial charge in [0.1, 0.15) is 5.69 Å². The largest absolute Gasteiger partial charge is 1.00 e. The minimum absolute atomic E-state index is 0. The number of hydrogen-bond acceptors (Lipinski definition) is 8. The van der Waals surface area contributed by atoms with E-state index in [1.165, 1.54) is 6.07 Å². The van der Waals surface area contributed by atoms with Crippen molar-refractivity contribution in [1.82, 2.24) is 20.1 Å². The van der Waals surface area contributed by atoms with Crippen LogP contribution in [-0.2, 0) is 12.1 Å². The van der Waals surface area contributed by atoms with Crippen molar-refractivity contribution in [2.24, 2.45) is 0 Å². The fourth-order valence-electron chi connectivity index (χ4n) is 2.49. The van der Waals surface area contributed by atoms with Gasteiger partial charge in [-0.15, -0.1) is 0 Å². The Balaban J connectivity index is 0.000000569. The van der Waals surface area contributed by atoms with Gasteiger partial charge in [0.05, 0.1) is 5.54 Å². The van der Waals surface area contributed by atoms with Gasteiger partial charge < -0.3 is 24.4 Å². The van der Waals surface area contributed by atoms with E-state index < -0.39 is 0 Å². The second-order valence-electron chi connectivity index (χ2n) is 6.27. The Morgan fingerprint density at radius 2 is 1.85 bits per heavy atom. The second-order valence-corrected chi connectivity index (χ2v) is 6.27. The first-order valence-electron chi connectivity index (χ1n) is 8.98. The molecule has 3 rings (SSSR count). The van der Waals surface area contributed by atoms with Crippen LogP contribution in [-0.4, -0.2) is 65.5 Å². The number of aromatic nitrogens is 2. The summed E-state index contributed by atoms with van der Waals surface area (Å²) in [6, 6.07) is 3.47. The zero-order chi connectivity index (χ0) is 19.6. The summed E-state index contributed by atoms with van der Waals surface area (Å²) < 4.78 is 9.48. The van der Waals surface area contributed by atoms with Crippen LogP contribution in [0.1, 0.15) is 39.1 Å². The topological polar surface area (TPSA) is 90.8 Å². The van der Waals surface area contributed by atoms with Crippen LogP contribution in [0.5, 0.6) is 0 Å². The van der Waals surface area contributed by atoms with Crippen molar-refractivity contribution in [2.75, 3.05) is 45.6 Å². The van der Waals surface area contributed by atoms with Gasteiger partial charge in [0, 0.05) is 45.9 Å². The number of aliphatic hydroxyl groups excluding tert-OH is 1. The van der Waals surface area contributed by atoms with E-state index in [2.05, 4.69) is 57.1 Å². The van der Waals surface area contributed by atoms with Gasteiger partial charge >= 0.3 is 51.4 Å². The first kappa shape index (κ1) is 26.7. The average Bonchev–Trinajstić information content (AvgIpc) is 3.36. The van der Waals surface area contributed by atoms with Crippen molar-refractivity contribution >= 4 is 5.88 Å². The molecule has 0 saturated carbocycles. The van der Waals surface area contributed by atoms with E-state index in [4.69, 9.17) is 9.63 Å². The van der Waals surface area contributed by atoms with Gasteiger partial charge in [-0.1, -0.05) is 19.0 Å². The minimum atomic E-state index is -0.0764. The molecule has 2 aromatic heterocycles. The Bertz CT molecular complexity index is 596. The second kappa shape index (κ2) is 13.8. The van der Waals surface area contributed by atoms with Gasteiger partial charge in [0.25, 0.3) is 0 Å². The molecule has 0 aliphatic carbocycles. The van der Waals surface area contributed by atoms with E-state index in [-0.39, 0.29) is 63.5 Å². The third-order valence-electron chi connectivity index (χ3n) is 4.28. The van der Waals surface area contributed by atoms with Crippen LogP contribution < -0.4 is 56.7 Å². The molecule has 9 heteroatoms. The molecule has 8 nitrogen and oxygen atoms in total. The molecule has 148 valence electrons. The molecule has 1 saturated heterocycles. The zero-order valence-corrected chi connectivity index (χ0v) is 20.9. The standard InChI is InChI=1S/C12H22N4O.C4H4NO2.C2H6.K/c1-12(2,10-9-11(13-3)17-14-10)16-7-5-15(4)6-8-16;6-3-4-1-2-7-5-4;1-2;/h9,13H,5-8H2,1-4H3;1,6H,3H2;1-2H3;/q;-1;;+1. The molecule has 1 aliphatic heterocycles. The first-order chi connectivity index (χ1) is 12.5. The number of nitrogens with one attached hydrogen (secondary N) is 1. The predicted octanol–water partition coefficient (Wildman–Crippen LogP) is -0.804. The molecule has 0 unspecified atom stereocenters. The third-order valence-corrected chi connectivity index (χ3v) is 4.28. The predicted molar refractivity (Wildman–Crippen MR) is 101 cm³/mol. The summed E-state index contributed by atoms with van der Waals surface area (Å²) >= 11 is 0. The molecule has 2 N–H and O–H groups in total. The maximum absolute atomic E-state index is 8.28. The zero-order valence-electron chi connectivity index (χ0n) is 17.7. The van der Waals surface area contributed by atoms with Crippen LogP contribution >= 0.6 is 0 Å². The Labute approximate surface area is 205 Å². The van der Waals surface area contributed by atoms with E-state index in [0.717, 1.165) is 37.8 Å². The van der Waals surface area contributed by atoms with E-state index in [1.54, 1.807) is 0 Å². The molecule has 0 amide bonds. The summed E-state index contributed by atoms with van der Waals surface area (Å²) in [7, 11) is 4.01. The van der Waals surface area contributed by atoms with Gasteiger partial charge in [-0.25, -0.2) is 5.16 Å². The molecule has 0 aromatic carbocycles. The molecular weight excluding hydrogens is 373 g/mol. The van der Waals surface area contributed by atoms with Crippen molar-refractivity contribution in [1.29, 1.82) is 0 Å². The van der Waals surface area contributed by atoms with Crippen LogP contribution in [0.15, 0.2) is 21.2 Å². The van der Waals surface area contributed by atoms with Crippen LogP contribution in [0, 0.1) is 6.26 Å². The van der Waals surface area contributed by atoms with Crippen LogP contribution in [0.2, 0.25) is 0 Å². The molecule has 2 aromatic rings. The average molecular weight is 406 g/mol. The van der Waals surface area contributed by atoms with Gasteiger partial charge in [0.15, 0.2) is 0 Å². The number of piperazine rings is 1. The van der Waals surface area contributed by atoms with Crippen LogP contribution in [0.25, 0.3) is 0 Å². The van der Waals surface area contributed by atoms with Crippen molar-refractivity contribution < 1.29 is 65.5 Å². The molecule has 27 heavy (non-hydrogen) atoms. The van der Waals surface area contributed by atoms with Crippen molar-refractivity contribution in [2.45, 2.75) is 39.8 Å². The summed E-state index contributed by atoms with van der Waals surface area (Å²) in [5, 5.41) is 18.8.